The number of aromatic nitrogens is 1. The highest BCUT2D eigenvalue weighted by molar-refractivity contribution is 6.50. The molecular weight excluding hydrogens is 374 g/mol. The Labute approximate surface area is 127 Å². The molecule has 0 radical (unpaired) electrons. The van der Waals surface area contributed by atoms with Gasteiger partial charge in [-0.15, -0.1) is 0 Å². The number of halogens is 12. The summed E-state index contributed by atoms with van der Waals surface area (Å²) in [5, 5.41) is 0. The standard InChI is InChI=1S/C7H7NO.3BF4/c1-2-6-4-9-5-7(6)8-3-1;3*2-1(3,4)5/h1-3H,4-5H2;;;/q;3*-1. The van der Waals surface area contributed by atoms with Gasteiger partial charge in [-0.3, -0.25) is 4.98 Å². The van der Waals surface area contributed by atoms with Crippen molar-refractivity contribution in [3.63, 3.8) is 0 Å². The summed E-state index contributed by atoms with van der Waals surface area (Å²) in [5.74, 6) is 0. The number of rotatable bonds is 0. The molecule has 142 valence electrons. The van der Waals surface area contributed by atoms with Crippen LogP contribution in [0.4, 0.5) is 51.8 Å². The minimum absolute atomic E-state index is 0.691. The molecule has 0 aromatic carbocycles. The van der Waals surface area contributed by atoms with Crippen molar-refractivity contribution in [1.82, 2.24) is 4.98 Å². The first kappa shape index (κ1) is 24.7. The first-order chi connectivity index (χ1) is 10.5. The summed E-state index contributed by atoms with van der Waals surface area (Å²) in [6.45, 7) is 1.43. The number of ether oxygens (including phenoxy) is 1. The number of fused-ring (bicyclic) bond motifs is 1. The van der Waals surface area contributed by atoms with Crippen LogP contribution in [0.15, 0.2) is 18.3 Å². The van der Waals surface area contributed by atoms with E-state index in [1.165, 1.54) is 5.56 Å². The topological polar surface area (TPSA) is 22.1 Å². The van der Waals surface area contributed by atoms with Gasteiger partial charge in [0, 0.05) is 11.8 Å². The monoisotopic (exact) mass is 382 g/mol. The van der Waals surface area contributed by atoms with Crippen molar-refractivity contribution in [1.29, 1.82) is 0 Å². The minimum Gasteiger partial charge on any atom is -0.418 e. The van der Waals surface area contributed by atoms with Crippen molar-refractivity contribution in [2.24, 2.45) is 0 Å². The van der Waals surface area contributed by atoms with Crippen LogP contribution in [0.25, 0.3) is 0 Å². The van der Waals surface area contributed by atoms with E-state index in [-0.39, 0.29) is 0 Å². The van der Waals surface area contributed by atoms with Crippen LogP contribution in [-0.4, -0.2) is 26.7 Å². The third-order valence-electron chi connectivity index (χ3n) is 1.48. The van der Waals surface area contributed by atoms with Gasteiger partial charge in [0.15, 0.2) is 0 Å². The van der Waals surface area contributed by atoms with Crippen molar-refractivity contribution in [2.45, 2.75) is 13.2 Å². The van der Waals surface area contributed by atoms with Crippen molar-refractivity contribution >= 4 is 21.8 Å². The summed E-state index contributed by atoms with van der Waals surface area (Å²) in [6.07, 6.45) is 1.80. The van der Waals surface area contributed by atoms with Crippen LogP contribution in [0, 0.1) is 0 Å². The molecule has 0 fully saturated rings. The third kappa shape index (κ3) is 32.4. The summed E-state index contributed by atoms with van der Waals surface area (Å²) < 4.78 is 122. The van der Waals surface area contributed by atoms with Gasteiger partial charge in [0.25, 0.3) is 0 Å². The van der Waals surface area contributed by atoms with Crippen molar-refractivity contribution < 1.29 is 56.5 Å². The number of hydrogen-bond donors (Lipinski definition) is 0. The van der Waals surface area contributed by atoms with Crippen LogP contribution in [0.1, 0.15) is 11.3 Å². The fraction of sp³-hybridized carbons (Fsp3) is 0.286. The van der Waals surface area contributed by atoms with E-state index in [1.54, 1.807) is 6.20 Å². The Hall–Kier alpha value is -1.54. The highest BCUT2D eigenvalue weighted by Crippen LogP contribution is 2.15. The van der Waals surface area contributed by atoms with E-state index in [1.807, 2.05) is 6.07 Å². The van der Waals surface area contributed by atoms with Gasteiger partial charge in [0.2, 0.25) is 0 Å². The molecule has 17 heteroatoms. The first-order valence-electron chi connectivity index (χ1n) is 5.59. The molecule has 0 bridgehead atoms. The second kappa shape index (κ2) is 10.4. The molecule has 0 saturated heterocycles. The summed E-state index contributed by atoms with van der Waals surface area (Å²) >= 11 is 0. The van der Waals surface area contributed by atoms with Crippen LogP contribution in [-0.2, 0) is 18.0 Å². The normalized spacial score (nSPS) is 13.3. The van der Waals surface area contributed by atoms with Gasteiger partial charge in [0.05, 0.1) is 18.9 Å². The molecule has 2 rings (SSSR count). The molecule has 0 spiro atoms. The lowest BCUT2D eigenvalue weighted by molar-refractivity contribution is 0.133. The average Bonchev–Trinajstić information content (AvgIpc) is 2.69. The molecule has 0 amide bonds. The second-order valence-electron chi connectivity index (χ2n) is 3.59. The van der Waals surface area contributed by atoms with Crippen LogP contribution < -0.4 is 0 Å². The fourth-order valence-corrected chi connectivity index (χ4v) is 0.990. The lowest BCUT2D eigenvalue weighted by Gasteiger charge is -1.94. The lowest BCUT2D eigenvalue weighted by Crippen LogP contribution is -2.02. The van der Waals surface area contributed by atoms with E-state index < -0.39 is 21.8 Å². The second-order valence-corrected chi connectivity index (χ2v) is 3.59. The maximum absolute atomic E-state index is 9.75. The minimum atomic E-state index is -6.00. The van der Waals surface area contributed by atoms with Crippen molar-refractivity contribution in [2.75, 3.05) is 0 Å². The predicted molar refractivity (Wildman–Crippen MR) is 63.3 cm³/mol. The maximum atomic E-state index is 9.75. The largest absolute Gasteiger partial charge is 0.673 e. The summed E-state index contributed by atoms with van der Waals surface area (Å²) in [4.78, 5) is 4.13. The quantitative estimate of drug-likeness (QED) is 0.465. The zero-order valence-electron chi connectivity index (χ0n) is 11.3. The highest BCUT2D eigenvalue weighted by atomic mass is 19.5. The van der Waals surface area contributed by atoms with Crippen LogP contribution in [0.3, 0.4) is 0 Å². The molecule has 24 heavy (non-hydrogen) atoms. The third-order valence-corrected chi connectivity index (χ3v) is 1.48. The van der Waals surface area contributed by atoms with Gasteiger partial charge >= 0.3 is 21.8 Å². The van der Waals surface area contributed by atoms with Crippen molar-refractivity contribution in [3.05, 3.63) is 29.6 Å². The van der Waals surface area contributed by atoms with E-state index >= 15 is 0 Å². The Bertz CT molecular complexity index is 392. The van der Waals surface area contributed by atoms with Crippen molar-refractivity contribution in [3.8, 4) is 0 Å². The average molecular weight is 382 g/mol. The molecule has 0 atom stereocenters. The van der Waals surface area contributed by atoms with Crippen LogP contribution in [0.5, 0.6) is 0 Å². The molecule has 1 aliphatic rings. The summed E-state index contributed by atoms with van der Waals surface area (Å²) in [7, 11) is -18.0. The SMILES string of the molecule is F[B-](F)(F)F.F[B-](F)(F)F.F[B-](F)(F)F.c1cnc2c(c1)COC2. The zero-order chi connectivity index (χ0) is 19.6. The molecular formula is C7H7B3F12NO-3. The van der Waals surface area contributed by atoms with Gasteiger partial charge < -0.3 is 56.5 Å². The Balaban J connectivity index is 0. The van der Waals surface area contributed by atoms with E-state index in [4.69, 9.17) is 4.74 Å². The van der Waals surface area contributed by atoms with Gasteiger partial charge in [-0.1, -0.05) is 6.07 Å². The summed E-state index contributed by atoms with van der Waals surface area (Å²) in [5.41, 5.74) is 2.33. The van der Waals surface area contributed by atoms with Gasteiger partial charge in [-0.25, -0.2) is 0 Å². The predicted octanol–water partition coefficient (Wildman–Crippen LogP) is 5.01. The van der Waals surface area contributed by atoms with Crippen LogP contribution >= 0.6 is 0 Å². The molecule has 0 N–H and O–H groups in total. The summed E-state index contributed by atoms with van der Waals surface area (Å²) in [6, 6.07) is 3.99. The molecule has 1 aromatic heterocycles. The van der Waals surface area contributed by atoms with E-state index in [0.29, 0.717) is 6.61 Å². The number of hydrogen-bond acceptors (Lipinski definition) is 2. The number of nitrogens with zero attached hydrogens (tertiary/aromatic N) is 1. The van der Waals surface area contributed by atoms with Gasteiger partial charge in [-0.05, 0) is 6.07 Å². The molecule has 1 aromatic rings. The smallest absolute Gasteiger partial charge is 0.418 e. The molecule has 0 saturated carbocycles. The maximum Gasteiger partial charge on any atom is 0.673 e. The Kier molecular flexibility index (Phi) is 10.7. The Morgan fingerprint density at radius 2 is 1.08 bits per heavy atom. The molecule has 2 heterocycles. The molecule has 0 aliphatic carbocycles. The lowest BCUT2D eigenvalue weighted by atomic mass is 10.2. The van der Waals surface area contributed by atoms with Gasteiger partial charge in [0.1, 0.15) is 0 Å². The van der Waals surface area contributed by atoms with E-state index in [0.717, 1.165) is 12.3 Å². The fourth-order valence-electron chi connectivity index (χ4n) is 0.990. The molecule has 1 aliphatic heterocycles. The highest BCUT2D eigenvalue weighted by Gasteiger charge is 2.21. The van der Waals surface area contributed by atoms with Gasteiger partial charge in [-0.2, -0.15) is 0 Å². The Morgan fingerprint density at radius 1 is 0.708 bits per heavy atom. The molecule has 0 unspecified atom stereocenters. The number of pyridine rings is 1. The van der Waals surface area contributed by atoms with Crippen LogP contribution in [0.2, 0.25) is 0 Å². The molecule has 2 nitrogen and oxygen atoms in total. The zero-order valence-corrected chi connectivity index (χ0v) is 11.3. The van der Waals surface area contributed by atoms with E-state index in [9.17, 15) is 51.8 Å². The first-order valence-corrected chi connectivity index (χ1v) is 5.59. The van der Waals surface area contributed by atoms with E-state index in [2.05, 4.69) is 11.1 Å². The Morgan fingerprint density at radius 3 is 1.42 bits per heavy atom.